The van der Waals surface area contributed by atoms with Gasteiger partial charge >= 0.3 is 5.97 Å². The summed E-state index contributed by atoms with van der Waals surface area (Å²) in [6.45, 7) is 4.48. The number of aromatic carboxylic acids is 1. The number of carboxylic acid groups (broad SMARTS) is 1. The number of amides is 1. The first-order valence-corrected chi connectivity index (χ1v) is 11.5. The number of hydrogen-bond donors (Lipinski definition) is 1. The zero-order valence-corrected chi connectivity index (χ0v) is 19.1. The lowest BCUT2D eigenvalue weighted by Crippen LogP contribution is -2.60. The molecule has 1 N–H and O–H groups in total. The predicted molar refractivity (Wildman–Crippen MR) is 119 cm³/mol. The molecule has 1 amide bonds. The molecule has 0 aromatic heterocycles. The summed E-state index contributed by atoms with van der Waals surface area (Å²) >= 11 is 6.26. The maximum absolute atomic E-state index is 14.3. The molecule has 0 aliphatic carbocycles. The van der Waals surface area contributed by atoms with Crippen molar-refractivity contribution in [2.24, 2.45) is 5.92 Å². The van der Waals surface area contributed by atoms with E-state index in [1.807, 2.05) is 26.0 Å². The van der Waals surface area contributed by atoms with Gasteiger partial charge in [0.05, 0.1) is 23.8 Å². The average molecular weight is 474 g/mol. The van der Waals surface area contributed by atoms with Crippen LogP contribution in [0.3, 0.4) is 0 Å². The minimum atomic E-state index is -1.46. The minimum absolute atomic E-state index is 0.0513. The van der Waals surface area contributed by atoms with E-state index < -0.39 is 28.9 Å². The fourth-order valence-corrected chi connectivity index (χ4v) is 5.77. The van der Waals surface area contributed by atoms with Crippen LogP contribution >= 0.6 is 11.6 Å². The molecule has 0 saturated carbocycles. The van der Waals surface area contributed by atoms with Gasteiger partial charge in [-0.2, -0.15) is 0 Å². The molecule has 2 fully saturated rings. The molecule has 8 heteroatoms. The second-order valence-corrected chi connectivity index (χ2v) is 9.94. The van der Waals surface area contributed by atoms with Gasteiger partial charge in [0.15, 0.2) is 0 Å². The van der Waals surface area contributed by atoms with Crippen molar-refractivity contribution < 1.29 is 28.6 Å². The van der Waals surface area contributed by atoms with Crippen molar-refractivity contribution >= 4 is 23.5 Å². The lowest BCUT2D eigenvalue weighted by atomic mass is 9.72. The summed E-state index contributed by atoms with van der Waals surface area (Å²) in [6, 6.07) is 9.06. The molecule has 0 bridgehead atoms. The van der Waals surface area contributed by atoms with Gasteiger partial charge < -0.3 is 19.5 Å². The Hall–Kier alpha value is -2.64. The molecule has 33 heavy (non-hydrogen) atoms. The van der Waals surface area contributed by atoms with Crippen molar-refractivity contribution in [1.82, 2.24) is 4.90 Å². The van der Waals surface area contributed by atoms with Crippen LogP contribution in [0.5, 0.6) is 5.75 Å². The summed E-state index contributed by atoms with van der Waals surface area (Å²) in [7, 11) is 0. The van der Waals surface area contributed by atoms with Gasteiger partial charge in [-0.3, -0.25) is 4.79 Å². The molecule has 5 rings (SSSR count). The van der Waals surface area contributed by atoms with Gasteiger partial charge in [-0.25, -0.2) is 9.18 Å². The molecule has 4 atom stereocenters. The molecule has 2 aromatic rings. The van der Waals surface area contributed by atoms with Crippen LogP contribution in [0.15, 0.2) is 36.4 Å². The van der Waals surface area contributed by atoms with Crippen molar-refractivity contribution in [3.8, 4) is 5.75 Å². The second-order valence-electron chi connectivity index (χ2n) is 9.50. The van der Waals surface area contributed by atoms with Crippen LogP contribution in [0.25, 0.3) is 0 Å². The molecular formula is C25H25ClFNO5. The monoisotopic (exact) mass is 473 g/mol. The van der Waals surface area contributed by atoms with Crippen LogP contribution in [0, 0.1) is 11.7 Å². The number of halogens is 2. The first kappa shape index (κ1) is 22.2. The molecule has 3 heterocycles. The number of carboxylic acids is 1. The summed E-state index contributed by atoms with van der Waals surface area (Å²) in [6.07, 6.45) is 1.68. The normalized spacial score (nSPS) is 27.6. The fourth-order valence-electron chi connectivity index (χ4n) is 5.59. The third kappa shape index (κ3) is 3.67. The zero-order chi connectivity index (χ0) is 23.5. The Bertz CT molecular complexity index is 1140. The van der Waals surface area contributed by atoms with E-state index in [1.165, 1.54) is 12.1 Å². The number of carbonyl (C=O) groups excluding carboxylic acids is 1. The number of benzene rings is 2. The highest BCUT2D eigenvalue weighted by Gasteiger charge is 2.53. The van der Waals surface area contributed by atoms with Crippen LogP contribution in [0.2, 0.25) is 5.02 Å². The summed E-state index contributed by atoms with van der Waals surface area (Å²) in [5.41, 5.74) is -0.369. The van der Waals surface area contributed by atoms with Crippen LogP contribution in [-0.4, -0.2) is 46.2 Å². The van der Waals surface area contributed by atoms with Crippen molar-refractivity contribution in [1.29, 1.82) is 0 Å². The van der Waals surface area contributed by atoms with E-state index >= 15 is 0 Å². The quantitative estimate of drug-likeness (QED) is 0.656. The Morgan fingerprint density at radius 1 is 1.24 bits per heavy atom. The third-order valence-electron chi connectivity index (χ3n) is 7.16. The highest BCUT2D eigenvalue weighted by atomic mass is 35.5. The van der Waals surface area contributed by atoms with Gasteiger partial charge in [0.1, 0.15) is 22.7 Å². The molecular weight excluding hydrogens is 449 g/mol. The van der Waals surface area contributed by atoms with Crippen LogP contribution in [0.1, 0.15) is 65.5 Å². The Balaban J connectivity index is 1.50. The summed E-state index contributed by atoms with van der Waals surface area (Å²) in [4.78, 5) is 26.8. The average Bonchev–Trinajstić information content (AvgIpc) is 2.77. The Morgan fingerprint density at radius 2 is 2.03 bits per heavy atom. The van der Waals surface area contributed by atoms with Gasteiger partial charge in [-0.1, -0.05) is 17.7 Å². The zero-order valence-electron chi connectivity index (χ0n) is 18.4. The number of fused-ring (bicyclic) bond motifs is 4. The lowest BCUT2D eigenvalue weighted by molar-refractivity contribution is -0.183. The Kier molecular flexibility index (Phi) is 5.37. The maximum Gasteiger partial charge on any atom is 0.339 e. The van der Waals surface area contributed by atoms with Crippen molar-refractivity contribution in [2.75, 3.05) is 6.54 Å². The van der Waals surface area contributed by atoms with E-state index in [0.29, 0.717) is 24.4 Å². The van der Waals surface area contributed by atoms with Crippen molar-refractivity contribution in [3.05, 3.63) is 63.9 Å². The van der Waals surface area contributed by atoms with Crippen LogP contribution < -0.4 is 4.74 Å². The number of likely N-dealkylation sites (tertiary alicyclic amines) is 1. The van der Waals surface area contributed by atoms with Gasteiger partial charge in [-0.15, -0.1) is 0 Å². The van der Waals surface area contributed by atoms with E-state index in [1.54, 1.807) is 11.0 Å². The minimum Gasteiger partial charge on any atom is -0.487 e. The Morgan fingerprint density at radius 3 is 2.79 bits per heavy atom. The molecule has 3 aliphatic rings. The standard InChI is InChI=1S/C25H25ClFNO5/c1-25(2)16-12-18-20(32-22(16)15-11-13(26)8-9-19(15)33-25)7-4-10-28(18)23(29)14-5-3-6-17(27)21(14)24(30)31/h3,5-6,8-9,11,16,18,20,22H,4,7,10,12H2,1-2H3,(H,30,31)/t16-,18-,20-,22+/m0/s1. The van der Waals surface area contributed by atoms with E-state index in [9.17, 15) is 19.1 Å². The largest absolute Gasteiger partial charge is 0.487 e. The van der Waals surface area contributed by atoms with E-state index in [-0.39, 0.29) is 29.7 Å². The fraction of sp³-hybridized carbons (Fsp3) is 0.440. The molecule has 0 spiro atoms. The highest BCUT2D eigenvalue weighted by Crippen LogP contribution is 2.52. The van der Waals surface area contributed by atoms with Crippen LogP contribution in [-0.2, 0) is 4.74 Å². The van der Waals surface area contributed by atoms with Gasteiger partial charge in [-0.05, 0) is 63.4 Å². The molecule has 0 unspecified atom stereocenters. The maximum atomic E-state index is 14.3. The number of piperidine rings is 1. The third-order valence-corrected chi connectivity index (χ3v) is 7.40. The first-order valence-electron chi connectivity index (χ1n) is 11.1. The van der Waals surface area contributed by atoms with Gasteiger partial charge in [0.2, 0.25) is 0 Å². The van der Waals surface area contributed by atoms with Gasteiger partial charge in [0.25, 0.3) is 5.91 Å². The summed E-state index contributed by atoms with van der Waals surface area (Å²) in [5.74, 6) is -2.16. The van der Waals surface area contributed by atoms with E-state index in [0.717, 1.165) is 23.8 Å². The Labute approximate surface area is 196 Å². The SMILES string of the molecule is CC1(C)Oc2ccc(Cl)cc2[C@H]2O[C@H]3CCCN(C(=O)c4cccc(F)c4C(=O)O)[C@H]3C[C@@H]21. The summed E-state index contributed by atoms with van der Waals surface area (Å²) in [5, 5.41) is 10.1. The molecule has 6 nitrogen and oxygen atoms in total. The number of rotatable bonds is 2. The van der Waals surface area contributed by atoms with Crippen molar-refractivity contribution in [3.63, 3.8) is 0 Å². The molecule has 0 radical (unpaired) electrons. The molecule has 2 aromatic carbocycles. The van der Waals surface area contributed by atoms with E-state index in [4.69, 9.17) is 21.1 Å². The first-order chi connectivity index (χ1) is 15.7. The van der Waals surface area contributed by atoms with E-state index in [2.05, 4.69) is 0 Å². The highest BCUT2D eigenvalue weighted by molar-refractivity contribution is 6.30. The predicted octanol–water partition coefficient (Wildman–Crippen LogP) is 5.10. The topological polar surface area (TPSA) is 76.1 Å². The lowest BCUT2D eigenvalue weighted by Gasteiger charge is -2.54. The number of ether oxygens (including phenoxy) is 2. The number of nitrogens with zero attached hydrogens (tertiary/aromatic N) is 1. The smallest absolute Gasteiger partial charge is 0.339 e. The molecule has 3 aliphatic heterocycles. The van der Waals surface area contributed by atoms with Crippen LogP contribution in [0.4, 0.5) is 4.39 Å². The summed E-state index contributed by atoms with van der Waals surface area (Å²) < 4.78 is 27.2. The number of hydrogen-bond acceptors (Lipinski definition) is 4. The molecule has 2 saturated heterocycles. The second kappa shape index (κ2) is 7.99. The van der Waals surface area contributed by atoms with Gasteiger partial charge in [0, 0.05) is 23.0 Å². The molecule has 174 valence electrons. The van der Waals surface area contributed by atoms with Crippen molar-refractivity contribution in [2.45, 2.75) is 57.0 Å². The number of carbonyl (C=O) groups is 2.